The summed E-state index contributed by atoms with van der Waals surface area (Å²) in [6, 6.07) is 5.27. The van der Waals surface area contributed by atoms with Crippen LogP contribution in [0.3, 0.4) is 0 Å². The first-order valence-electron chi connectivity index (χ1n) is 13.4. The van der Waals surface area contributed by atoms with Crippen LogP contribution in [-0.2, 0) is 14.3 Å². The molecule has 5 rings (SSSR count). The Morgan fingerprint density at radius 3 is 2.67 bits per heavy atom. The van der Waals surface area contributed by atoms with E-state index in [1.165, 1.54) is 6.20 Å². The number of aromatic nitrogens is 1. The van der Waals surface area contributed by atoms with Crippen LogP contribution in [0.2, 0.25) is 0 Å². The maximum atomic E-state index is 13.6. The highest BCUT2D eigenvalue weighted by atomic mass is 19.4. The molecule has 0 bridgehead atoms. The monoisotopic (exact) mass is 560 g/mol. The van der Waals surface area contributed by atoms with Crippen LogP contribution in [0.5, 0.6) is 0 Å². The van der Waals surface area contributed by atoms with Gasteiger partial charge < -0.3 is 24.8 Å². The molecule has 0 aliphatic carbocycles. The minimum Gasteiger partial charge on any atom is -0.375 e. The molecule has 2 amide bonds. The van der Waals surface area contributed by atoms with Crippen molar-refractivity contribution in [2.75, 3.05) is 57.3 Å². The third-order valence-corrected chi connectivity index (χ3v) is 7.90. The molecule has 0 aromatic carbocycles. The number of anilines is 1. The predicted octanol–water partition coefficient (Wildman–Crippen LogP) is 2.07. The van der Waals surface area contributed by atoms with E-state index in [2.05, 4.69) is 31.5 Å². The molecule has 14 heteroatoms. The molecule has 3 fully saturated rings. The van der Waals surface area contributed by atoms with E-state index in [0.29, 0.717) is 70.6 Å². The predicted molar refractivity (Wildman–Crippen MR) is 136 cm³/mol. The van der Waals surface area contributed by atoms with E-state index in [1.54, 1.807) is 11.0 Å². The van der Waals surface area contributed by atoms with Gasteiger partial charge in [0.05, 0.1) is 42.1 Å². The van der Waals surface area contributed by atoms with Crippen molar-refractivity contribution < 1.29 is 27.5 Å². The molecular formula is C26H31F3N8O3. The Labute approximate surface area is 229 Å². The van der Waals surface area contributed by atoms with Crippen LogP contribution in [0, 0.1) is 23.2 Å². The quantitative estimate of drug-likeness (QED) is 0.561. The van der Waals surface area contributed by atoms with Gasteiger partial charge in [0.25, 0.3) is 5.91 Å². The van der Waals surface area contributed by atoms with Gasteiger partial charge >= 0.3 is 6.18 Å². The maximum Gasteiger partial charge on any atom is 0.406 e. The Balaban J connectivity index is 1.12. The second kappa shape index (κ2) is 11.9. The zero-order valence-electron chi connectivity index (χ0n) is 21.9. The second-order valence-electron chi connectivity index (χ2n) is 10.4. The third-order valence-electron chi connectivity index (χ3n) is 7.90. The Bertz CT molecular complexity index is 1190. The Morgan fingerprint density at radius 2 is 1.98 bits per heavy atom. The summed E-state index contributed by atoms with van der Waals surface area (Å²) >= 11 is 0. The fourth-order valence-corrected chi connectivity index (χ4v) is 5.82. The lowest BCUT2D eigenvalue weighted by Gasteiger charge is -2.39. The van der Waals surface area contributed by atoms with Crippen LogP contribution in [0.4, 0.5) is 19.0 Å². The number of nitriles is 1. The maximum absolute atomic E-state index is 13.6. The molecular weight excluding hydrogens is 529 g/mol. The molecule has 1 unspecified atom stereocenters. The number of halogens is 3. The number of alkyl halides is 3. The molecule has 1 aromatic heterocycles. The van der Waals surface area contributed by atoms with Gasteiger partial charge in [-0.15, -0.1) is 5.11 Å². The number of amides is 2. The summed E-state index contributed by atoms with van der Waals surface area (Å²) in [5.74, 6) is -3.04. The summed E-state index contributed by atoms with van der Waals surface area (Å²) < 4.78 is 47.0. The lowest BCUT2D eigenvalue weighted by Crippen LogP contribution is -2.54. The number of ether oxygens (including phenoxy) is 1. The summed E-state index contributed by atoms with van der Waals surface area (Å²) in [4.78, 5) is 35.1. The molecule has 40 heavy (non-hydrogen) atoms. The standard InChI is InChI=1S/C26H31F3N8O3/c27-26(28,29)23-21(15-33-34-24(23)38)37-5-1-2-19(37)16-40-20-10-18(13-31-14-20)25(39)36-8-6-35(7-9-36)22-4-3-17(11-30)12-32-22/h3-4,12,15,18-20,23,31H,1-2,5-10,13-14,16H2/t18-,19-,20+,23?/m0/s1. The number of azo groups is 1. The molecule has 0 radical (unpaired) electrons. The van der Waals surface area contributed by atoms with Crippen molar-refractivity contribution in [3.05, 3.63) is 35.8 Å². The average Bonchev–Trinajstić information content (AvgIpc) is 3.44. The van der Waals surface area contributed by atoms with Crippen molar-refractivity contribution in [3.63, 3.8) is 0 Å². The van der Waals surface area contributed by atoms with Crippen molar-refractivity contribution in [3.8, 4) is 6.07 Å². The first kappa shape index (κ1) is 28.0. The highest BCUT2D eigenvalue weighted by molar-refractivity contribution is 5.83. The van der Waals surface area contributed by atoms with Gasteiger partial charge in [0.1, 0.15) is 11.9 Å². The van der Waals surface area contributed by atoms with E-state index in [1.807, 2.05) is 11.0 Å². The minimum absolute atomic E-state index is 0.0555. The van der Waals surface area contributed by atoms with Crippen molar-refractivity contribution in [2.24, 2.45) is 22.1 Å². The number of rotatable bonds is 6. The number of nitrogens with zero attached hydrogens (tertiary/aromatic N) is 7. The lowest BCUT2D eigenvalue weighted by atomic mass is 9.95. The number of hydrogen-bond acceptors (Lipinski definition) is 9. The number of likely N-dealkylation sites (tertiary alicyclic amines) is 1. The van der Waals surface area contributed by atoms with Crippen LogP contribution in [0.1, 0.15) is 24.8 Å². The molecule has 214 valence electrons. The van der Waals surface area contributed by atoms with E-state index < -0.39 is 18.0 Å². The zero-order valence-corrected chi connectivity index (χ0v) is 21.9. The van der Waals surface area contributed by atoms with Crippen LogP contribution in [0.15, 0.2) is 40.5 Å². The largest absolute Gasteiger partial charge is 0.406 e. The number of piperidine rings is 1. The molecule has 0 saturated carbocycles. The molecule has 11 nitrogen and oxygen atoms in total. The normalized spacial score (nSPS) is 27.5. The van der Waals surface area contributed by atoms with Gasteiger partial charge in [-0.2, -0.15) is 23.5 Å². The SMILES string of the molecule is N#Cc1ccc(N2CCN(C(=O)[C@@H]3CNC[C@H](OC[C@@H]4CCCN4C4=CN=NC(=O)C4C(F)(F)F)C3)CC2)nc1. The molecule has 1 aromatic rings. The second-order valence-corrected chi connectivity index (χ2v) is 10.4. The summed E-state index contributed by atoms with van der Waals surface area (Å²) in [6.45, 7) is 4.06. The molecule has 5 heterocycles. The van der Waals surface area contributed by atoms with E-state index in [-0.39, 0.29) is 36.3 Å². The average molecular weight is 561 g/mol. The number of pyridine rings is 1. The molecule has 4 atom stereocenters. The fourth-order valence-electron chi connectivity index (χ4n) is 5.82. The Morgan fingerprint density at radius 1 is 1.18 bits per heavy atom. The minimum atomic E-state index is -4.75. The first-order chi connectivity index (χ1) is 19.2. The topological polar surface area (TPSA) is 127 Å². The van der Waals surface area contributed by atoms with E-state index in [0.717, 1.165) is 12.0 Å². The molecule has 4 aliphatic rings. The van der Waals surface area contributed by atoms with Gasteiger partial charge in [-0.1, -0.05) is 0 Å². The van der Waals surface area contributed by atoms with Gasteiger partial charge in [-0.25, -0.2) is 4.98 Å². The molecule has 3 saturated heterocycles. The molecule has 4 aliphatic heterocycles. The first-order valence-corrected chi connectivity index (χ1v) is 13.4. The number of hydrogen-bond donors (Lipinski definition) is 1. The smallest absolute Gasteiger partial charge is 0.375 e. The number of carbonyl (C=O) groups is 2. The van der Waals surface area contributed by atoms with Gasteiger partial charge in [0.2, 0.25) is 5.91 Å². The van der Waals surface area contributed by atoms with Gasteiger partial charge in [0.15, 0.2) is 5.92 Å². The van der Waals surface area contributed by atoms with Crippen molar-refractivity contribution in [2.45, 2.75) is 37.6 Å². The van der Waals surface area contributed by atoms with Crippen LogP contribution in [-0.4, -0.2) is 97.3 Å². The van der Waals surface area contributed by atoms with Crippen LogP contribution >= 0.6 is 0 Å². The summed E-state index contributed by atoms with van der Waals surface area (Å²) in [5, 5.41) is 18.8. The Kier molecular flexibility index (Phi) is 8.32. The highest BCUT2D eigenvalue weighted by Crippen LogP contribution is 2.39. The summed E-state index contributed by atoms with van der Waals surface area (Å²) in [5.41, 5.74) is 0.321. The fraction of sp³-hybridized carbons (Fsp3) is 0.615. The number of piperazine rings is 1. The Hall–Kier alpha value is -3.57. The van der Waals surface area contributed by atoms with Gasteiger partial charge in [-0.3, -0.25) is 9.59 Å². The van der Waals surface area contributed by atoms with Gasteiger partial charge in [0, 0.05) is 52.0 Å². The van der Waals surface area contributed by atoms with Crippen LogP contribution < -0.4 is 10.2 Å². The highest BCUT2D eigenvalue weighted by Gasteiger charge is 2.51. The lowest BCUT2D eigenvalue weighted by molar-refractivity contribution is -0.177. The third kappa shape index (κ3) is 6.10. The van der Waals surface area contributed by atoms with E-state index in [9.17, 15) is 22.8 Å². The zero-order chi connectivity index (χ0) is 28.3. The van der Waals surface area contributed by atoms with Gasteiger partial charge in [-0.05, 0) is 31.4 Å². The van der Waals surface area contributed by atoms with Crippen molar-refractivity contribution in [1.29, 1.82) is 5.26 Å². The molecule has 1 N–H and O–H groups in total. The summed E-state index contributed by atoms with van der Waals surface area (Å²) in [7, 11) is 0. The number of carbonyl (C=O) groups excluding carboxylic acids is 2. The molecule has 0 spiro atoms. The van der Waals surface area contributed by atoms with Crippen molar-refractivity contribution in [1.82, 2.24) is 20.1 Å². The summed E-state index contributed by atoms with van der Waals surface area (Å²) in [6.07, 6.45) is -0.598. The van der Waals surface area contributed by atoms with Crippen molar-refractivity contribution >= 4 is 17.6 Å². The van der Waals surface area contributed by atoms with E-state index in [4.69, 9.17) is 10.00 Å². The van der Waals surface area contributed by atoms with Crippen LogP contribution in [0.25, 0.3) is 0 Å². The number of nitrogens with one attached hydrogen (secondary N) is 1. The van der Waals surface area contributed by atoms with E-state index >= 15 is 0 Å².